The third-order valence-electron chi connectivity index (χ3n) is 4.80. The maximum atomic E-state index is 5.50. The molecule has 1 aliphatic heterocycles. The number of rotatable bonds is 6. The highest BCUT2D eigenvalue weighted by atomic mass is 32.1. The van der Waals surface area contributed by atoms with Crippen LogP contribution in [0.1, 0.15) is 36.5 Å². The van der Waals surface area contributed by atoms with Crippen LogP contribution in [0.4, 0.5) is 5.69 Å². The zero-order valence-electron chi connectivity index (χ0n) is 14.9. The van der Waals surface area contributed by atoms with Crippen molar-refractivity contribution >= 4 is 23.0 Å². The molecule has 132 valence electrons. The molecule has 0 bridgehead atoms. The van der Waals surface area contributed by atoms with Gasteiger partial charge in [0.05, 0.1) is 0 Å². The smallest absolute Gasteiger partial charge is 0.171 e. The predicted octanol–water partition coefficient (Wildman–Crippen LogP) is 4.33. The first-order chi connectivity index (χ1) is 12.3. The fourth-order valence-corrected chi connectivity index (χ4v) is 3.54. The molecule has 2 N–H and O–H groups in total. The Morgan fingerprint density at radius 3 is 2.32 bits per heavy atom. The molecule has 0 radical (unpaired) electrons. The van der Waals surface area contributed by atoms with E-state index < -0.39 is 0 Å². The minimum atomic E-state index is 0.678. The van der Waals surface area contributed by atoms with Gasteiger partial charge in [0.25, 0.3) is 0 Å². The fraction of sp³-hybridized carbons (Fsp3) is 0.381. The summed E-state index contributed by atoms with van der Waals surface area (Å²) in [5.41, 5.74) is 5.09. The Kier molecular flexibility index (Phi) is 6.42. The van der Waals surface area contributed by atoms with E-state index in [9.17, 15) is 0 Å². The van der Waals surface area contributed by atoms with E-state index in [1.54, 1.807) is 0 Å². The number of likely N-dealkylation sites (tertiary alicyclic amines) is 1. The quantitative estimate of drug-likeness (QED) is 0.756. The van der Waals surface area contributed by atoms with Gasteiger partial charge in [-0.3, -0.25) is 4.90 Å². The summed E-state index contributed by atoms with van der Waals surface area (Å²) in [5, 5.41) is 7.38. The minimum absolute atomic E-state index is 0.678. The van der Waals surface area contributed by atoms with E-state index in [-0.39, 0.29) is 0 Å². The number of thiocarbonyl (C=S) groups is 1. The summed E-state index contributed by atoms with van der Waals surface area (Å²) < 4.78 is 0. The summed E-state index contributed by atoms with van der Waals surface area (Å²) in [7, 11) is 0. The molecule has 2 aromatic carbocycles. The number of hydrogen-bond donors (Lipinski definition) is 2. The Hall–Kier alpha value is -1.91. The first kappa shape index (κ1) is 17.9. The summed E-state index contributed by atoms with van der Waals surface area (Å²) >= 11 is 5.50. The largest absolute Gasteiger partial charge is 0.358 e. The number of para-hydroxylation sites is 1. The molecule has 0 aromatic heterocycles. The van der Waals surface area contributed by atoms with Crippen LogP contribution in [0.2, 0.25) is 0 Å². The summed E-state index contributed by atoms with van der Waals surface area (Å²) in [4.78, 5) is 2.53. The Bertz CT molecular complexity index is 708. The van der Waals surface area contributed by atoms with E-state index in [0.717, 1.165) is 25.2 Å². The van der Waals surface area contributed by atoms with Crippen molar-refractivity contribution in [1.82, 2.24) is 10.2 Å². The molecule has 3 nitrogen and oxygen atoms in total. The molecule has 3 rings (SSSR count). The molecule has 1 heterocycles. The number of benzene rings is 2. The average molecular weight is 354 g/mol. The van der Waals surface area contributed by atoms with Gasteiger partial charge in [0.2, 0.25) is 0 Å². The summed E-state index contributed by atoms with van der Waals surface area (Å²) in [6.45, 7) is 6.39. The second kappa shape index (κ2) is 8.97. The first-order valence-corrected chi connectivity index (χ1v) is 9.59. The van der Waals surface area contributed by atoms with Gasteiger partial charge in [0, 0.05) is 18.8 Å². The van der Waals surface area contributed by atoms with Crippen LogP contribution >= 0.6 is 12.2 Å². The highest BCUT2D eigenvalue weighted by molar-refractivity contribution is 7.80. The van der Waals surface area contributed by atoms with Gasteiger partial charge in [-0.15, -0.1) is 0 Å². The standard InChI is InChI=1S/C21H27N3S/c1-2-17-9-5-6-12-20(17)23-21(25)22-15-18-10-3-4-11-19(18)16-24-13-7-8-14-24/h3-6,9-12H,2,7-8,13-16H2,1H3,(H2,22,23,25). The molecule has 1 fully saturated rings. The molecular formula is C21H27N3S. The van der Waals surface area contributed by atoms with E-state index in [4.69, 9.17) is 12.2 Å². The van der Waals surface area contributed by atoms with E-state index in [0.29, 0.717) is 5.11 Å². The van der Waals surface area contributed by atoms with Gasteiger partial charge in [0.15, 0.2) is 5.11 Å². The molecular weight excluding hydrogens is 326 g/mol. The SMILES string of the molecule is CCc1ccccc1NC(=S)NCc1ccccc1CN1CCCC1. The van der Waals surface area contributed by atoms with Crippen molar-refractivity contribution in [2.24, 2.45) is 0 Å². The van der Waals surface area contributed by atoms with Gasteiger partial charge in [-0.25, -0.2) is 0 Å². The summed E-state index contributed by atoms with van der Waals surface area (Å²) in [6.07, 6.45) is 3.64. The van der Waals surface area contributed by atoms with Crippen molar-refractivity contribution in [2.45, 2.75) is 39.3 Å². The predicted molar refractivity (Wildman–Crippen MR) is 110 cm³/mol. The Balaban J connectivity index is 1.58. The summed E-state index contributed by atoms with van der Waals surface area (Å²) in [5.74, 6) is 0. The van der Waals surface area contributed by atoms with Crippen LogP contribution in [0, 0.1) is 0 Å². The van der Waals surface area contributed by atoms with Gasteiger partial charge in [0.1, 0.15) is 0 Å². The third kappa shape index (κ3) is 5.03. The monoisotopic (exact) mass is 353 g/mol. The van der Waals surface area contributed by atoms with Crippen molar-refractivity contribution in [3.63, 3.8) is 0 Å². The van der Waals surface area contributed by atoms with Gasteiger partial charge in [-0.1, -0.05) is 49.4 Å². The molecule has 0 saturated carbocycles. The molecule has 25 heavy (non-hydrogen) atoms. The molecule has 1 aliphatic rings. The van der Waals surface area contributed by atoms with Crippen LogP contribution in [0.15, 0.2) is 48.5 Å². The molecule has 4 heteroatoms. The van der Waals surface area contributed by atoms with E-state index in [2.05, 4.69) is 64.9 Å². The van der Waals surface area contributed by atoms with Crippen LogP contribution in [-0.2, 0) is 19.5 Å². The second-order valence-corrected chi connectivity index (χ2v) is 6.98. The Morgan fingerprint density at radius 1 is 0.960 bits per heavy atom. The maximum Gasteiger partial charge on any atom is 0.171 e. The lowest BCUT2D eigenvalue weighted by atomic mass is 10.1. The number of nitrogens with one attached hydrogen (secondary N) is 2. The van der Waals surface area contributed by atoms with Gasteiger partial charge in [-0.05, 0) is 67.3 Å². The van der Waals surface area contributed by atoms with Crippen LogP contribution < -0.4 is 10.6 Å². The van der Waals surface area contributed by atoms with E-state index in [1.807, 2.05) is 6.07 Å². The molecule has 1 saturated heterocycles. The van der Waals surface area contributed by atoms with Crippen molar-refractivity contribution in [3.8, 4) is 0 Å². The highest BCUT2D eigenvalue weighted by Crippen LogP contribution is 2.17. The number of hydrogen-bond acceptors (Lipinski definition) is 2. The van der Waals surface area contributed by atoms with Crippen LogP contribution in [0.25, 0.3) is 0 Å². The molecule has 0 atom stereocenters. The van der Waals surface area contributed by atoms with Crippen molar-refractivity contribution < 1.29 is 0 Å². The maximum absolute atomic E-state index is 5.50. The lowest BCUT2D eigenvalue weighted by Crippen LogP contribution is -2.29. The Labute approximate surface area is 156 Å². The van der Waals surface area contributed by atoms with Gasteiger partial charge in [-0.2, -0.15) is 0 Å². The van der Waals surface area contributed by atoms with Crippen LogP contribution in [0.5, 0.6) is 0 Å². The van der Waals surface area contributed by atoms with Crippen molar-refractivity contribution in [3.05, 3.63) is 65.2 Å². The van der Waals surface area contributed by atoms with E-state index in [1.165, 1.54) is 42.6 Å². The average Bonchev–Trinajstić information content (AvgIpc) is 3.14. The molecule has 0 aliphatic carbocycles. The first-order valence-electron chi connectivity index (χ1n) is 9.18. The van der Waals surface area contributed by atoms with Gasteiger partial charge < -0.3 is 10.6 Å². The minimum Gasteiger partial charge on any atom is -0.358 e. The van der Waals surface area contributed by atoms with Crippen LogP contribution in [-0.4, -0.2) is 23.1 Å². The summed E-state index contributed by atoms with van der Waals surface area (Å²) in [6, 6.07) is 17.0. The molecule has 0 spiro atoms. The fourth-order valence-electron chi connectivity index (χ4n) is 3.36. The molecule has 2 aromatic rings. The van der Waals surface area contributed by atoms with Crippen molar-refractivity contribution in [2.75, 3.05) is 18.4 Å². The highest BCUT2D eigenvalue weighted by Gasteiger charge is 2.13. The zero-order chi connectivity index (χ0) is 17.5. The van der Waals surface area contributed by atoms with Crippen molar-refractivity contribution in [1.29, 1.82) is 0 Å². The van der Waals surface area contributed by atoms with E-state index >= 15 is 0 Å². The molecule has 0 unspecified atom stereocenters. The topological polar surface area (TPSA) is 27.3 Å². The molecule has 0 amide bonds. The lowest BCUT2D eigenvalue weighted by molar-refractivity contribution is 0.330. The number of nitrogens with zero attached hydrogens (tertiary/aromatic N) is 1. The lowest BCUT2D eigenvalue weighted by Gasteiger charge is -2.18. The number of anilines is 1. The third-order valence-corrected chi connectivity index (χ3v) is 5.04. The van der Waals surface area contributed by atoms with Crippen LogP contribution in [0.3, 0.4) is 0 Å². The zero-order valence-corrected chi connectivity index (χ0v) is 15.7. The normalized spacial score (nSPS) is 14.4. The van der Waals surface area contributed by atoms with Gasteiger partial charge >= 0.3 is 0 Å². The Morgan fingerprint density at radius 2 is 1.60 bits per heavy atom. The number of aryl methyl sites for hydroxylation is 1. The second-order valence-electron chi connectivity index (χ2n) is 6.57.